The topological polar surface area (TPSA) is 114 Å². The number of aromatic nitrogens is 2. The van der Waals surface area contributed by atoms with Crippen LogP contribution < -0.4 is 0 Å². The van der Waals surface area contributed by atoms with Crippen LogP contribution in [0.5, 0.6) is 0 Å². The second-order valence-electron chi connectivity index (χ2n) is 12.2. The summed E-state index contributed by atoms with van der Waals surface area (Å²) in [5.74, 6) is -1.29. The fourth-order valence-corrected chi connectivity index (χ4v) is 4.27. The molecule has 0 saturated carbocycles. The van der Waals surface area contributed by atoms with Crippen molar-refractivity contribution in [1.29, 1.82) is 0 Å². The maximum atomic E-state index is 13.3. The molecule has 0 aliphatic carbocycles. The Labute approximate surface area is 271 Å². The Morgan fingerprint density at radius 3 is 1.31 bits per heavy atom. The van der Waals surface area contributed by atoms with Gasteiger partial charge in [-0.3, -0.25) is 0 Å². The summed E-state index contributed by atoms with van der Waals surface area (Å²) in [5, 5.41) is 9.42. The lowest BCUT2D eigenvalue weighted by Gasteiger charge is -2.27. The fourth-order valence-electron chi connectivity index (χ4n) is 4.02. The molecule has 0 spiro atoms. The van der Waals surface area contributed by atoms with Gasteiger partial charge < -0.3 is 23.3 Å². The van der Waals surface area contributed by atoms with Crippen molar-refractivity contribution in [2.24, 2.45) is 0 Å². The Morgan fingerprint density at radius 2 is 1.00 bits per heavy atom. The highest BCUT2D eigenvalue weighted by molar-refractivity contribution is 6.30. The summed E-state index contributed by atoms with van der Waals surface area (Å²) in [6.45, 7) is 18.3. The highest BCUT2D eigenvalue weighted by atomic mass is 35.5. The van der Waals surface area contributed by atoms with Crippen LogP contribution in [0.4, 0.5) is 0 Å². The zero-order valence-corrected chi connectivity index (χ0v) is 27.4. The first-order valence-electron chi connectivity index (χ1n) is 14.0. The third kappa shape index (κ3) is 8.94. The van der Waals surface area contributed by atoms with E-state index >= 15 is 0 Å². The number of halogens is 2. The summed E-state index contributed by atoms with van der Waals surface area (Å²) < 4.78 is 29.0. The van der Waals surface area contributed by atoms with Gasteiger partial charge in [0.05, 0.1) is 11.1 Å². The summed E-state index contributed by atoms with van der Waals surface area (Å²) >= 11 is 12.1. The summed E-state index contributed by atoms with van der Waals surface area (Å²) in [6, 6.07) is 17.1. The molecule has 2 aromatic heterocycles. The molecular weight excluding hydrogens is 619 g/mol. The van der Waals surface area contributed by atoms with E-state index in [1.165, 1.54) is 0 Å². The van der Waals surface area contributed by atoms with Crippen LogP contribution in [0.1, 0.15) is 65.3 Å². The average molecular weight is 654 g/mol. The van der Waals surface area contributed by atoms with Crippen LogP contribution in [0.2, 0.25) is 10.0 Å². The molecule has 2 unspecified atom stereocenters. The summed E-state index contributed by atoms with van der Waals surface area (Å²) in [7, 11) is 0. The lowest BCUT2D eigenvalue weighted by molar-refractivity contribution is -0.153. The number of carbonyl (C=O) groups is 2. The Kier molecular flexibility index (Phi) is 10.1. The van der Waals surface area contributed by atoms with E-state index in [1.807, 2.05) is 0 Å². The predicted molar refractivity (Wildman–Crippen MR) is 170 cm³/mol. The van der Waals surface area contributed by atoms with Gasteiger partial charge in [-0.15, -0.1) is 0 Å². The van der Waals surface area contributed by atoms with Crippen molar-refractivity contribution in [1.82, 2.24) is 10.3 Å². The molecule has 0 radical (unpaired) electrons. The zero-order chi connectivity index (χ0) is 33.1. The van der Waals surface area contributed by atoms with Gasteiger partial charge in [0.2, 0.25) is 0 Å². The van der Waals surface area contributed by atoms with Crippen LogP contribution in [0.15, 0.2) is 94.0 Å². The summed E-state index contributed by atoms with van der Waals surface area (Å²) in [5.41, 5.74) is 0.379. The lowest BCUT2D eigenvalue weighted by atomic mass is 10.0. The van der Waals surface area contributed by atoms with Gasteiger partial charge in [-0.05, 0) is 65.8 Å². The first-order valence-corrected chi connectivity index (χ1v) is 14.7. The molecule has 2 heterocycles. The van der Waals surface area contributed by atoms with E-state index in [1.54, 1.807) is 102 Å². The highest BCUT2D eigenvalue weighted by Crippen LogP contribution is 2.39. The third-order valence-corrected chi connectivity index (χ3v) is 6.58. The number of esters is 2. The van der Waals surface area contributed by atoms with E-state index < -0.39 is 35.3 Å². The van der Waals surface area contributed by atoms with E-state index in [0.717, 1.165) is 0 Å². The average Bonchev–Trinajstić information content (AvgIpc) is 3.63. The highest BCUT2D eigenvalue weighted by Gasteiger charge is 2.37. The third-order valence-electron chi connectivity index (χ3n) is 6.08. The summed E-state index contributed by atoms with van der Waals surface area (Å²) in [6.07, 6.45) is -2.61. The minimum absolute atomic E-state index is 0.107. The quantitative estimate of drug-likeness (QED) is 0.122. The second-order valence-corrected chi connectivity index (χ2v) is 13.1. The van der Waals surface area contributed by atoms with Crippen molar-refractivity contribution in [3.05, 3.63) is 107 Å². The van der Waals surface area contributed by atoms with Crippen molar-refractivity contribution < 1.29 is 32.8 Å². The van der Waals surface area contributed by atoms with E-state index in [9.17, 15) is 9.59 Å². The number of carbonyl (C=O) groups excluding carboxylic acids is 2. The van der Waals surface area contributed by atoms with Crippen LogP contribution in [-0.2, 0) is 23.8 Å². The number of nitrogens with zero attached hydrogens (tertiary/aromatic N) is 2. The monoisotopic (exact) mass is 652 g/mol. The molecule has 0 amide bonds. The van der Waals surface area contributed by atoms with Crippen LogP contribution in [0.3, 0.4) is 0 Å². The molecule has 0 aliphatic heterocycles. The first kappa shape index (κ1) is 33.7. The van der Waals surface area contributed by atoms with Crippen LogP contribution >= 0.6 is 23.2 Å². The van der Waals surface area contributed by atoms with Crippen molar-refractivity contribution in [3.8, 4) is 22.5 Å². The van der Waals surface area contributed by atoms with Crippen molar-refractivity contribution in [2.75, 3.05) is 0 Å². The smallest absolute Gasteiger partial charge is 0.337 e. The lowest BCUT2D eigenvalue weighted by Crippen LogP contribution is -2.29. The van der Waals surface area contributed by atoms with Gasteiger partial charge in [-0.2, -0.15) is 0 Å². The number of rotatable bonds is 10. The molecule has 0 fully saturated rings. The SMILES string of the molecule is C=C(C(=O)OC(C)(C)C)C(OC(C(=C)C(=O)OC(C)(C)C)c1cc(-c2ccc(Cl)cc2)no1)c1cc(-c2ccc(Cl)cc2)no1. The van der Waals surface area contributed by atoms with Crippen LogP contribution in [0, 0.1) is 0 Å². The molecule has 4 aromatic rings. The minimum atomic E-state index is -1.30. The molecule has 4 rings (SSSR count). The Hall–Kier alpha value is -4.18. The molecule has 2 atom stereocenters. The number of hydrogen-bond donors (Lipinski definition) is 0. The molecule has 2 aromatic carbocycles. The molecular formula is C34H34Cl2N2O7. The summed E-state index contributed by atoms with van der Waals surface area (Å²) in [4.78, 5) is 26.5. The fraction of sp³-hybridized carbons (Fsp3) is 0.294. The van der Waals surface area contributed by atoms with Gasteiger partial charge in [0.25, 0.3) is 0 Å². The van der Waals surface area contributed by atoms with E-state index in [-0.39, 0.29) is 22.7 Å². The molecule has 9 nitrogen and oxygen atoms in total. The van der Waals surface area contributed by atoms with Gasteiger partial charge in [-0.1, -0.05) is 70.9 Å². The molecule has 236 valence electrons. The number of ether oxygens (including phenoxy) is 3. The molecule has 11 heteroatoms. The van der Waals surface area contributed by atoms with Crippen LogP contribution in [-0.4, -0.2) is 33.5 Å². The van der Waals surface area contributed by atoms with Crippen molar-refractivity contribution in [3.63, 3.8) is 0 Å². The molecule has 0 aliphatic rings. The van der Waals surface area contributed by atoms with Gasteiger partial charge in [0, 0.05) is 33.3 Å². The van der Waals surface area contributed by atoms with Crippen molar-refractivity contribution >= 4 is 35.1 Å². The van der Waals surface area contributed by atoms with Gasteiger partial charge in [-0.25, -0.2) is 9.59 Å². The molecule has 0 bridgehead atoms. The van der Waals surface area contributed by atoms with Gasteiger partial charge in [0.15, 0.2) is 23.7 Å². The predicted octanol–water partition coefficient (Wildman–Crippen LogP) is 8.90. The standard InChI is InChI=1S/C34H34Cl2N2O7/c1-19(31(39)42-33(3,4)5)29(27-17-25(37-44-27)21-9-13-23(35)14-10-21)41-30(20(2)32(40)43-34(6,7)8)28-18-26(38-45-28)22-11-15-24(36)16-12-22/h9-18,29-30H,1-2H2,3-8H3. The molecule has 45 heavy (non-hydrogen) atoms. The van der Waals surface area contributed by atoms with Crippen molar-refractivity contribution in [2.45, 2.75) is 65.0 Å². The second kappa shape index (κ2) is 13.4. The Bertz CT molecular complexity index is 1570. The van der Waals surface area contributed by atoms with Gasteiger partial charge >= 0.3 is 11.9 Å². The Morgan fingerprint density at radius 1 is 0.667 bits per heavy atom. The minimum Gasteiger partial charge on any atom is -0.457 e. The number of benzene rings is 2. The van der Waals surface area contributed by atoms with Crippen LogP contribution in [0.25, 0.3) is 22.5 Å². The molecule has 0 saturated heterocycles. The molecule has 0 N–H and O–H groups in total. The maximum absolute atomic E-state index is 13.3. The number of hydrogen-bond acceptors (Lipinski definition) is 9. The normalized spacial score (nSPS) is 13.2. The van der Waals surface area contributed by atoms with E-state index in [2.05, 4.69) is 23.5 Å². The largest absolute Gasteiger partial charge is 0.457 e. The van der Waals surface area contributed by atoms with E-state index in [0.29, 0.717) is 32.6 Å². The van der Waals surface area contributed by atoms with E-state index in [4.69, 9.17) is 46.5 Å². The Balaban J connectivity index is 1.78. The van der Waals surface area contributed by atoms with Gasteiger partial charge in [0.1, 0.15) is 22.6 Å². The zero-order valence-electron chi connectivity index (χ0n) is 25.9. The first-order chi connectivity index (χ1) is 21.0. The maximum Gasteiger partial charge on any atom is 0.337 e.